The molecule has 0 unspecified atom stereocenters. The van der Waals surface area contributed by atoms with Gasteiger partial charge in [0.2, 0.25) is 0 Å². The third kappa shape index (κ3) is 5.00. The van der Waals surface area contributed by atoms with Gasteiger partial charge in [-0.3, -0.25) is 9.48 Å². The van der Waals surface area contributed by atoms with Crippen LogP contribution in [0.15, 0.2) is 60.9 Å². The van der Waals surface area contributed by atoms with Crippen molar-refractivity contribution in [2.24, 2.45) is 0 Å². The summed E-state index contributed by atoms with van der Waals surface area (Å²) >= 11 is 0. The molecule has 0 aliphatic carbocycles. The largest absolute Gasteiger partial charge is 0.486 e. The maximum atomic E-state index is 12.7. The molecule has 2 aromatic carbocycles. The Bertz CT molecular complexity index is 1210. The first-order valence-corrected chi connectivity index (χ1v) is 10.4. The van der Waals surface area contributed by atoms with Gasteiger partial charge < -0.3 is 10.1 Å². The number of rotatable bonds is 8. The fraction of sp³-hybridized carbons (Fsp3) is 0.261. The summed E-state index contributed by atoms with van der Waals surface area (Å²) < 4.78 is 9.31. The van der Waals surface area contributed by atoms with Crippen LogP contribution in [0.4, 0.5) is 5.69 Å². The molecule has 32 heavy (non-hydrogen) atoms. The van der Waals surface area contributed by atoms with Crippen LogP contribution in [-0.4, -0.2) is 35.9 Å². The van der Waals surface area contributed by atoms with Gasteiger partial charge >= 0.3 is 0 Å². The molecule has 164 valence electrons. The molecule has 0 aliphatic heterocycles. The Morgan fingerprint density at radius 1 is 1.16 bits per heavy atom. The number of aromatic nitrogens is 6. The van der Waals surface area contributed by atoms with E-state index >= 15 is 0 Å². The van der Waals surface area contributed by atoms with E-state index in [0.29, 0.717) is 29.4 Å². The molecule has 0 atom stereocenters. The highest BCUT2D eigenvalue weighted by molar-refractivity contribution is 6.04. The molecule has 0 saturated carbocycles. The van der Waals surface area contributed by atoms with Gasteiger partial charge in [0, 0.05) is 11.8 Å². The van der Waals surface area contributed by atoms with Crippen molar-refractivity contribution < 1.29 is 9.53 Å². The molecule has 9 nitrogen and oxygen atoms in total. The van der Waals surface area contributed by atoms with E-state index < -0.39 is 0 Å². The molecule has 0 saturated heterocycles. The summed E-state index contributed by atoms with van der Waals surface area (Å²) in [5.74, 6) is 0.944. The third-order valence-electron chi connectivity index (χ3n) is 5.00. The molecule has 0 fully saturated rings. The van der Waals surface area contributed by atoms with E-state index in [4.69, 9.17) is 4.74 Å². The third-order valence-corrected chi connectivity index (χ3v) is 5.00. The zero-order chi connectivity index (χ0) is 22.5. The van der Waals surface area contributed by atoms with E-state index in [1.165, 1.54) is 11.1 Å². The lowest BCUT2D eigenvalue weighted by Crippen LogP contribution is -2.12. The number of anilines is 1. The topological polar surface area (TPSA) is 99.8 Å². The zero-order valence-corrected chi connectivity index (χ0v) is 18.3. The molecular formula is C23H25N7O2. The second-order valence-corrected chi connectivity index (χ2v) is 7.76. The van der Waals surface area contributed by atoms with E-state index in [-0.39, 0.29) is 18.6 Å². The van der Waals surface area contributed by atoms with Crippen molar-refractivity contribution in [2.75, 3.05) is 5.32 Å². The highest BCUT2D eigenvalue weighted by atomic mass is 16.5. The summed E-state index contributed by atoms with van der Waals surface area (Å²) in [5, 5.41) is 18.9. The maximum absolute atomic E-state index is 12.7. The van der Waals surface area contributed by atoms with Crippen molar-refractivity contribution in [1.82, 2.24) is 30.0 Å². The standard InChI is InChI=1S/C23H25N7O2/c1-16(2)30-22(26-27-28-30)15-32-21-10-6-9-18(11-21)23(31)25-20-12-24-29(14-20)13-19-8-5-4-7-17(19)3/h4-12,14,16H,13,15H2,1-3H3,(H,25,31). The Balaban J connectivity index is 1.38. The number of carbonyl (C=O) groups excluding carboxylic acids is 1. The smallest absolute Gasteiger partial charge is 0.255 e. The van der Waals surface area contributed by atoms with Gasteiger partial charge in [0.1, 0.15) is 12.4 Å². The molecule has 1 N–H and O–H groups in total. The number of tetrazole rings is 1. The molecule has 4 rings (SSSR count). The summed E-state index contributed by atoms with van der Waals surface area (Å²) in [6, 6.07) is 15.3. The number of nitrogens with zero attached hydrogens (tertiary/aromatic N) is 6. The molecule has 2 aromatic heterocycles. The van der Waals surface area contributed by atoms with E-state index in [1.807, 2.05) is 32.2 Å². The highest BCUT2D eigenvalue weighted by Gasteiger charge is 2.12. The van der Waals surface area contributed by atoms with Crippen molar-refractivity contribution in [3.05, 3.63) is 83.4 Å². The monoisotopic (exact) mass is 431 g/mol. The first kappa shape index (κ1) is 21.2. The molecule has 0 aliphatic rings. The van der Waals surface area contributed by atoms with Gasteiger partial charge in [-0.25, -0.2) is 4.68 Å². The van der Waals surface area contributed by atoms with Gasteiger partial charge in [-0.05, 0) is 60.5 Å². The van der Waals surface area contributed by atoms with Crippen LogP contribution in [0.1, 0.15) is 47.2 Å². The molecule has 0 radical (unpaired) electrons. The van der Waals surface area contributed by atoms with Crippen molar-refractivity contribution in [3.63, 3.8) is 0 Å². The van der Waals surface area contributed by atoms with Crippen molar-refractivity contribution >= 4 is 11.6 Å². The normalized spacial score (nSPS) is 11.0. The van der Waals surface area contributed by atoms with Crippen LogP contribution in [-0.2, 0) is 13.2 Å². The number of ether oxygens (including phenoxy) is 1. The summed E-state index contributed by atoms with van der Waals surface area (Å²) in [4.78, 5) is 12.7. The van der Waals surface area contributed by atoms with Crippen LogP contribution >= 0.6 is 0 Å². The van der Waals surface area contributed by atoms with Crippen LogP contribution in [0, 0.1) is 6.92 Å². The molecule has 4 aromatic rings. The van der Waals surface area contributed by atoms with Crippen LogP contribution < -0.4 is 10.1 Å². The predicted molar refractivity (Wildman–Crippen MR) is 119 cm³/mol. The van der Waals surface area contributed by atoms with Crippen LogP contribution in [0.3, 0.4) is 0 Å². The van der Waals surface area contributed by atoms with Gasteiger partial charge in [0.25, 0.3) is 5.91 Å². The van der Waals surface area contributed by atoms with E-state index in [0.717, 1.165) is 0 Å². The number of hydrogen-bond acceptors (Lipinski definition) is 6. The first-order chi connectivity index (χ1) is 15.5. The molecule has 0 bridgehead atoms. The highest BCUT2D eigenvalue weighted by Crippen LogP contribution is 2.17. The number of amides is 1. The van der Waals surface area contributed by atoms with E-state index in [9.17, 15) is 4.79 Å². The van der Waals surface area contributed by atoms with Crippen molar-refractivity contribution in [3.8, 4) is 5.75 Å². The van der Waals surface area contributed by atoms with Gasteiger partial charge in [0.05, 0.1) is 24.5 Å². The predicted octanol–water partition coefficient (Wildman–Crippen LogP) is 3.64. The quantitative estimate of drug-likeness (QED) is 0.457. The fourth-order valence-electron chi connectivity index (χ4n) is 3.26. The minimum Gasteiger partial charge on any atom is -0.486 e. The molecule has 1 amide bonds. The summed E-state index contributed by atoms with van der Waals surface area (Å²) in [6.45, 7) is 6.91. The Morgan fingerprint density at radius 3 is 2.81 bits per heavy atom. The lowest BCUT2D eigenvalue weighted by atomic mass is 10.1. The van der Waals surface area contributed by atoms with Gasteiger partial charge in [-0.1, -0.05) is 30.3 Å². The van der Waals surface area contributed by atoms with Gasteiger partial charge in [-0.15, -0.1) is 5.10 Å². The van der Waals surface area contributed by atoms with Gasteiger partial charge in [-0.2, -0.15) is 5.10 Å². The Morgan fingerprint density at radius 2 is 2.00 bits per heavy atom. The second kappa shape index (κ2) is 9.42. The van der Waals surface area contributed by atoms with Crippen LogP contribution in [0.25, 0.3) is 0 Å². The fourth-order valence-corrected chi connectivity index (χ4v) is 3.26. The minimum atomic E-state index is -0.238. The Kier molecular flexibility index (Phi) is 6.25. The molecule has 2 heterocycles. The number of benzene rings is 2. The number of nitrogens with one attached hydrogen (secondary N) is 1. The number of aryl methyl sites for hydroxylation is 1. The summed E-state index contributed by atoms with van der Waals surface area (Å²) in [7, 11) is 0. The Labute approximate surface area is 186 Å². The molecule has 0 spiro atoms. The SMILES string of the molecule is Cc1ccccc1Cn1cc(NC(=O)c2cccc(OCc3nnnn3C(C)C)c2)cn1. The molecular weight excluding hydrogens is 406 g/mol. The van der Waals surface area contributed by atoms with Gasteiger partial charge in [0.15, 0.2) is 5.82 Å². The summed E-state index contributed by atoms with van der Waals surface area (Å²) in [6.07, 6.45) is 3.46. The minimum absolute atomic E-state index is 0.132. The Hall–Kier alpha value is -4.01. The van der Waals surface area contributed by atoms with E-state index in [1.54, 1.807) is 39.8 Å². The zero-order valence-electron chi connectivity index (χ0n) is 18.3. The first-order valence-electron chi connectivity index (χ1n) is 10.4. The second-order valence-electron chi connectivity index (χ2n) is 7.76. The average Bonchev–Trinajstić information content (AvgIpc) is 3.43. The van der Waals surface area contributed by atoms with Crippen molar-refractivity contribution in [2.45, 2.75) is 40.0 Å². The van der Waals surface area contributed by atoms with E-state index in [2.05, 4.69) is 45.0 Å². The van der Waals surface area contributed by atoms with Crippen LogP contribution in [0.5, 0.6) is 5.75 Å². The lowest BCUT2D eigenvalue weighted by molar-refractivity contribution is 0.102. The maximum Gasteiger partial charge on any atom is 0.255 e. The lowest BCUT2D eigenvalue weighted by Gasteiger charge is -2.10. The summed E-state index contributed by atoms with van der Waals surface area (Å²) in [5.41, 5.74) is 3.50. The average molecular weight is 432 g/mol. The number of hydrogen-bond donors (Lipinski definition) is 1. The molecule has 9 heteroatoms. The van der Waals surface area contributed by atoms with Crippen LogP contribution in [0.2, 0.25) is 0 Å². The van der Waals surface area contributed by atoms with Crippen molar-refractivity contribution in [1.29, 1.82) is 0 Å². The number of carbonyl (C=O) groups is 1.